The molecule has 0 aliphatic carbocycles. The smallest absolute Gasteiger partial charge is 0.295 e. The standard InChI is InChI=1S/C26H30N2O6/c1-2-14-34-21-5-3-4-19(17-21)24(30)22-23(18-6-8-20(29)9-7-18)28(26(32)25(22)31)11-10-27-12-15-33-16-13-27/h3-9,17,23,29-30H,2,10-16H2,1H3. The van der Waals surface area contributed by atoms with Gasteiger partial charge in [-0.05, 0) is 36.2 Å². The number of morpholine rings is 1. The van der Waals surface area contributed by atoms with Gasteiger partial charge in [-0.3, -0.25) is 14.5 Å². The minimum Gasteiger partial charge on any atom is -0.508 e. The highest BCUT2D eigenvalue weighted by atomic mass is 16.5. The molecule has 0 spiro atoms. The van der Waals surface area contributed by atoms with Crippen molar-refractivity contribution in [3.63, 3.8) is 0 Å². The van der Waals surface area contributed by atoms with E-state index in [9.17, 15) is 19.8 Å². The monoisotopic (exact) mass is 466 g/mol. The molecule has 180 valence electrons. The number of hydrogen-bond acceptors (Lipinski definition) is 7. The van der Waals surface area contributed by atoms with Crippen molar-refractivity contribution in [2.75, 3.05) is 46.0 Å². The molecule has 1 atom stereocenters. The van der Waals surface area contributed by atoms with Crippen molar-refractivity contribution in [2.45, 2.75) is 19.4 Å². The molecule has 0 bridgehead atoms. The van der Waals surface area contributed by atoms with Gasteiger partial charge >= 0.3 is 0 Å². The average molecular weight is 467 g/mol. The maximum atomic E-state index is 13.2. The van der Waals surface area contributed by atoms with Crippen LogP contribution in [0.15, 0.2) is 54.1 Å². The minimum atomic E-state index is -0.762. The van der Waals surface area contributed by atoms with E-state index in [1.54, 1.807) is 36.4 Å². The SMILES string of the molecule is CCCOc1cccc(C(O)=C2C(=O)C(=O)N(CCN3CCOCC3)C2c2ccc(O)cc2)c1. The molecule has 0 aromatic heterocycles. The molecule has 1 unspecified atom stereocenters. The molecule has 2 aliphatic heterocycles. The van der Waals surface area contributed by atoms with E-state index < -0.39 is 17.7 Å². The van der Waals surface area contributed by atoms with Crippen LogP contribution in [0.4, 0.5) is 0 Å². The summed E-state index contributed by atoms with van der Waals surface area (Å²) in [5.74, 6) is -0.959. The molecule has 2 fully saturated rings. The molecule has 0 saturated carbocycles. The van der Waals surface area contributed by atoms with Crippen LogP contribution >= 0.6 is 0 Å². The van der Waals surface area contributed by atoms with Crippen molar-refractivity contribution in [1.82, 2.24) is 9.80 Å². The lowest BCUT2D eigenvalue weighted by Crippen LogP contribution is -2.42. The first-order valence-corrected chi connectivity index (χ1v) is 11.6. The number of amides is 1. The molecule has 2 aromatic rings. The number of phenols is 1. The Bertz CT molecular complexity index is 1060. The number of hydrogen-bond donors (Lipinski definition) is 2. The van der Waals surface area contributed by atoms with Gasteiger partial charge in [0.2, 0.25) is 0 Å². The summed E-state index contributed by atoms with van der Waals surface area (Å²) in [6.45, 7) is 6.24. The Kier molecular flexibility index (Phi) is 7.49. The largest absolute Gasteiger partial charge is 0.508 e. The zero-order valence-corrected chi connectivity index (χ0v) is 19.3. The lowest BCUT2D eigenvalue weighted by atomic mass is 9.95. The highest BCUT2D eigenvalue weighted by Crippen LogP contribution is 2.40. The van der Waals surface area contributed by atoms with Crippen molar-refractivity contribution in [3.8, 4) is 11.5 Å². The zero-order valence-electron chi connectivity index (χ0n) is 19.3. The first-order chi connectivity index (χ1) is 16.5. The van der Waals surface area contributed by atoms with E-state index in [0.717, 1.165) is 19.5 Å². The second kappa shape index (κ2) is 10.7. The van der Waals surface area contributed by atoms with Gasteiger partial charge in [0.25, 0.3) is 11.7 Å². The number of nitrogens with zero attached hydrogens (tertiary/aromatic N) is 2. The van der Waals surface area contributed by atoms with Crippen LogP contribution in [-0.2, 0) is 14.3 Å². The number of aliphatic hydroxyl groups excluding tert-OH is 1. The molecular formula is C26H30N2O6. The van der Waals surface area contributed by atoms with Gasteiger partial charge in [0.1, 0.15) is 17.3 Å². The molecule has 2 aromatic carbocycles. The number of ketones is 1. The minimum absolute atomic E-state index is 0.0327. The molecule has 2 N–H and O–H groups in total. The van der Waals surface area contributed by atoms with E-state index in [2.05, 4.69) is 4.90 Å². The van der Waals surface area contributed by atoms with Crippen molar-refractivity contribution in [1.29, 1.82) is 0 Å². The maximum Gasteiger partial charge on any atom is 0.295 e. The number of aliphatic hydroxyl groups is 1. The van der Waals surface area contributed by atoms with Crippen LogP contribution in [0.5, 0.6) is 11.5 Å². The molecule has 8 heteroatoms. The Morgan fingerprint density at radius 3 is 2.53 bits per heavy atom. The first kappa shape index (κ1) is 23.8. The summed E-state index contributed by atoms with van der Waals surface area (Å²) in [5.41, 5.74) is 1.08. The van der Waals surface area contributed by atoms with Gasteiger partial charge in [0.05, 0.1) is 31.4 Å². The van der Waals surface area contributed by atoms with Gasteiger partial charge in [0, 0.05) is 31.7 Å². The Hall–Kier alpha value is -3.36. The van der Waals surface area contributed by atoms with Crippen LogP contribution in [-0.4, -0.2) is 77.7 Å². The molecule has 1 amide bonds. The van der Waals surface area contributed by atoms with Gasteiger partial charge in [-0.1, -0.05) is 31.2 Å². The van der Waals surface area contributed by atoms with Gasteiger partial charge in [-0.15, -0.1) is 0 Å². The third-order valence-corrected chi connectivity index (χ3v) is 6.09. The normalized spacial score (nSPS) is 20.6. The topological polar surface area (TPSA) is 99.5 Å². The van der Waals surface area contributed by atoms with Crippen LogP contribution in [0.25, 0.3) is 5.76 Å². The fourth-order valence-corrected chi connectivity index (χ4v) is 4.30. The van der Waals surface area contributed by atoms with E-state index >= 15 is 0 Å². The first-order valence-electron chi connectivity index (χ1n) is 11.6. The second-order valence-electron chi connectivity index (χ2n) is 8.41. The van der Waals surface area contributed by atoms with Crippen LogP contribution in [0.1, 0.15) is 30.5 Å². The molecule has 4 rings (SSSR count). The predicted octanol–water partition coefficient (Wildman–Crippen LogP) is 2.93. The van der Waals surface area contributed by atoms with E-state index in [0.29, 0.717) is 49.8 Å². The molecule has 2 saturated heterocycles. The zero-order chi connectivity index (χ0) is 24.1. The number of Topliss-reactive ketones (excluding diaryl/α,β-unsaturated/α-hetero) is 1. The van der Waals surface area contributed by atoms with Crippen molar-refractivity contribution in [3.05, 3.63) is 65.2 Å². The highest BCUT2D eigenvalue weighted by molar-refractivity contribution is 6.46. The summed E-state index contributed by atoms with van der Waals surface area (Å²) in [6, 6.07) is 12.5. The lowest BCUT2D eigenvalue weighted by Gasteiger charge is -2.31. The summed E-state index contributed by atoms with van der Waals surface area (Å²) in [5, 5.41) is 21.0. The third kappa shape index (κ3) is 5.08. The number of likely N-dealkylation sites (tertiary alicyclic amines) is 1. The Morgan fingerprint density at radius 2 is 1.82 bits per heavy atom. The fourth-order valence-electron chi connectivity index (χ4n) is 4.30. The summed E-state index contributed by atoms with van der Waals surface area (Å²) < 4.78 is 11.1. The van der Waals surface area contributed by atoms with Crippen LogP contribution in [0.3, 0.4) is 0 Å². The van der Waals surface area contributed by atoms with Crippen LogP contribution in [0, 0.1) is 0 Å². The third-order valence-electron chi connectivity index (χ3n) is 6.09. The number of benzene rings is 2. The quantitative estimate of drug-likeness (QED) is 0.351. The number of phenolic OH excluding ortho intramolecular Hbond substituents is 1. The summed E-state index contributed by atoms with van der Waals surface area (Å²) in [7, 11) is 0. The van der Waals surface area contributed by atoms with Gasteiger partial charge in [-0.2, -0.15) is 0 Å². The van der Waals surface area contributed by atoms with Crippen molar-refractivity contribution < 1.29 is 29.3 Å². The average Bonchev–Trinajstić information content (AvgIpc) is 3.12. The van der Waals surface area contributed by atoms with Crippen molar-refractivity contribution >= 4 is 17.4 Å². The molecular weight excluding hydrogens is 436 g/mol. The van der Waals surface area contributed by atoms with Gasteiger partial charge in [-0.25, -0.2) is 0 Å². The lowest BCUT2D eigenvalue weighted by molar-refractivity contribution is -0.140. The number of rotatable bonds is 8. The Labute approximate surface area is 199 Å². The second-order valence-corrected chi connectivity index (χ2v) is 8.41. The summed E-state index contributed by atoms with van der Waals surface area (Å²) in [6.07, 6.45) is 0.839. The van der Waals surface area contributed by atoms with E-state index in [4.69, 9.17) is 9.47 Å². The number of aromatic hydroxyl groups is 1. The number of carbonyl (C=O) groups is 2. The predicted molar refractivity (Wildman–Crippen MR) is 127 cm³/mol. The molecule has 0 radical (unpaired) electrons. The van der Waals surface area contributed by atoms with E-state index in [1.807, 2.05) is 6.92 Å². The number of carbonyl (C=O) groups excluding carboxylic acids is 2. The van der Waals surface area contributed by atoms with E-state index in [-0.39, 0.29) is 17.1 Å². The molecule has 2 aliphatic rings. The maximum absolute atomic E-state index is 13.2. The van der Waals surface area contributed by atoms with Crippen LogP contribution < -0.4 is 4.74 Å². The Balaban J connectivity index is 1.71. The van der Waals surface area contributed by atoms with Crippen LogP contribution in [0.2, 0.25) is 0 Å². The number of ether oxygens (including phenoxy) is 2. The van der Waals surface area contributed by atoms with Gasteiger partial charge in [0.15, 0.2) is 0 Å². The molecule has 2 heterocycles. The van der Waals surface area contributed by atoms with Gasteiger partial charge < -0.3 is 24.6 Å². The van der Waals surface area contributed by atoms with Crippen molar-refractivity contribution in [2.24, 2.45) is 0 Å². The summed E-state index contributed by atoms with van der Waals surface area (Å²) >= 11 is 0. The van der Waals surface area contributed by atoms with E-state index in [1.165, 1.54) is 17.0 Å². The summed E-state index contributed by atoms with van der Waals surface area (Å²) in [4.78, 5) is 30.0. The molecule has 34 heavy (non-hydrogen) atoms. The molecule has 8 nitrogen and oxygen atoms in total. The fraction of sp³-hybridized carbons (Fsp3) is 0.385. The highest BCUT2D eigenvalue weighted by Gasteiger charge is 2.46. The Morgan fingerprint density at radius 1 is 1.09 bits per heavy atom.